The first kappa shape index (κ1) is 14.2. The van der Waals surface area contributed by atoms with Gasteiger partial charge in [0.1, 0.15) is 0 Å². The maximum absolute atomic E-state index is 9.58. The largest absolute Gasteiger partial charge is 0.411 e. The number of aryl methyl sites for hydroxylation is 1. The Morgan fingerprint density at radius 3 is 2.78 bits per heavy atom. The van der Waals surface area contributed by atoms with Gasteiger partial charge in [0.15, 0.2) is 0 Å². The monoisotopic (exact) mass is 307 g/mol. The number of pyridine rings is 1. The quantitative estimate of drug-likeness (QED) is 0.516. The molecule has 0 spiro atoms. The van der Waals surface area contributed by atoms with Gasteiger partial charge >= 0.3 is 0 Å². The lowest BCUT2D eigenvalue weighted by Crippen LogP contribution is -2.29. The van der Waals surface area contributed by atoms with Crippen LogP contribution < -0.4 is 0 Å². The van der Waals surface area contributed by atoms with Crippen molar-refractivity contribution in [3.63, 3.8) is 0 Å². The molecule has 0 radical (unpaired) electrons. The number of H-pyrrole nitrogens is 1. The lowest BCUT2D eigenvalue weighted by atomic mass is 9.74. The maximum Gasteiger partial charge on any atom is 0.0912 e. The Hall–Kier alpha value is -2.36. The Kier molecular flexibility index (Phi) is 2.98. The maximum atomic E-state index is 9.58. The number of benzene rings is 1. The van der Waals surface area contributed by atoms with E-state index in [0.29, 0.717) is 0 Å². The van der Waals surface area contributed by atoms with Gasteiger partial charge in [-0.15, -0.1) is 0 Å². The first-order valence-electron chi connectivity index (χ1n) is 8.17. The van der Waals surface area contributed by atoms with E-state index >= 15 is 0 Å². The third-order valence-electron chi connectivity index (χ3n) is 4.84. The van der Waals surface area contributed by atoms with Crippen LogP contribution in [-0.2, 0) is 12.8 Å². The zero-order chi connectivity index (χ0) is 16.2. The minimum Gasteiger partial charge on any atom is -0.411 e. The van der Waals surface area contributed by atoms with Crippen LogP contribution in [0.3, 0.4) is 0 Å². The van der Waals surface area contributed by atoms with Crippen LogP contribution in [0.1, 0.15) is 44.1 Å². The summed E-state index contributed by atoms with van der Waals surface area (Å²) < 4.78 is 0. The van der Waals surface area contributed by atoms with Crippen molar-refractivity contribution in [1.82, 2.24) is 9.97 Å². The molecular formula is C19H21N3O. The van der Waals surface area contributed by atoms with Crippen LogP contribution in [0.15, 0.2) is 29.4 Å². The minimum atomic E-state index is 0.0618. The summed E-state index contributed by atoms with van der Waals surface area (Å²) in [4.78, 5) is 8.50. The van der Waals surface area contributed by atoms with E-state index in [1.165, 1.54) is 10.8 Å². The van der Waals surface area contributed by atoms with Crippen LogP contribution in [0, 0.1) is 5.41 Å². The first-order chi connectivity index (χ1) is 11.0. The summed E-state index contributed by atoms with van der Waals surface area (Å²) in [5.74, 6) is 0. The highest BCUT2D eigenvalue weighted by atomic mass is 16.4. The molecule has 23 heavy (non-hydrogen) atoms. The average molecular weight is 307 g/mol. The van der Waals surface area contributed by atoms with Gasteiger partial charge in [0.2, 0.25) is 0 Å². The molecule has 2 aromatic heterocycles. The highest BCUT2D eigenvalue weighted by Crippen LogP contribution is 2.39. The summed E-state index contributed by atoms with van der Waals surface area (Å²) in [6.07, 6.45) is 2.55. The van der Waals surface area contributed by atoms with Gasteiger partial charge in [-0.1, -0.05) is 44.1 Å². The molecule has 4 rings (SSSR count). The summed E-state index contributed by atoms with van der Waals surface area (Å²) in [5.41, 5.74) is 6.13. The SMILES string of the molecule is CCc1nc2c(c3[nH]c4ccccc4c13)/C(=N/O)CC(C)(C)C2. The molecule has 118 valence electrons. The van der Waals surface area contributed by atoms with Crippen molar-refractivity contribution in [2.45, 2.75) is 40.0 Å². The molecule has 2 N–H and O–H groups in total. The second-order valence-corrected chi connectivity index (χ2v) is 7.22. The van der Waals surface area contributed by atoms with Crippen molar-refractivity contribution in [3.05, 3.63) is 41.2 Å². The van der Waals surface area contributed by atoms with Crippen molar-refractivity contribution in [1.29, 1.82) is 0 Å². The minimum absolute atomic E-state index is 0.0618. The van der Waals surface area contributed by atoms with Crippen LogP contribution in [0.2, 0.25) is 0 Å². The Morgan fingerprint density at radius 1 is 1.26 bits per heavy atom. The Labute approximate surface area is 135 Å². The number of para-hydroxylation sites is 1. The van der Waals surface area contributed by atoms with Crippen molar-refractivity contribution >= 4 is 27.5 Å². The molecule has 1 aromatic carbocycles. The third kappa shape index (κ3) is 2.05. The summed E-state index contributed by atoms with van der Waals surface area (Å²) in [5, 5.41) is 15.6. The van der Waals surface area contributed by atoms with Gasteiger partial charge in [-0.3, -0.25) is 4.98 Å². The zero-order valence-electron chi connectivity index (χ0n) is 13.8. The number of oxime groups is 1. The Morgan fingerprint density at radius 2 is 2.04 bits per heavy atom. The van der Waals surface area contributed by atoms with Crippen LogP contribution >= 0.6 is 0 Å². The molecule has 1 aliphatic carbocycles. The van der Waals surface area contributed by atoms with E-state index in [2.05, 4.69) is 49.1 Å². The van der Waals surface area contributed by atoms with E-state index in [9.17, 15) is 5.21 Å². The summed E-state index contributed by atoms with van der Waals surface area (Å²) in [6.45, 7) is 6.54. The Balaban J connectivity index is 2.16. The molecule has 2 heterocycles. The molecule has 4 nitrogen and oxygen atoms in total. The summed E-state index contributed by atoms with van der Waals surface area (Å²) in [6, 6.07) is 8.31. The second-order valence-electron chi connectivity index (χ2n) is 7.22. The molecular weight excluding hydrogens is 286 g/mol. The van der Waals surface area contributed by atoms with Crippen molar-refractivity contribution < 1.29 is 5.21 Å². The number of hydrogen-bond donors (Lipinski definition) is 2. The van der Waals surface area contributed by atoms with Gasteiger partial charge in [0, 0.05) is 21.9 Å². The summed E-state index contributed by atoms with van der Waals surface area (Å²) in [7, 11) is 0. The van der Waals surface area contributed by atoms with Crippen molar-refractivity contribution in [2.75, 3.05) is 0 Å². The van der Waals surface area contributed by atoms with Crippen LogP contribution in [0.5, 0.6) is 0 Å². The van der Waals surface area contributed by atoms with Gasteiger partial charge in [0.25, 0.3) is 0 Å². The van der Waals surface area contributed by atoms with Gasteiger partial charge in [-0.25, -0.2) is 0 Å². The van der Waals surface area contributed by atoms with Gasteiger partial charge in [0.05, 0.1) is 22.6 Å². The molecule has 0 bridgehead atoms. The fraction of sp³-hybridized carbons (Fsp3) is 0.368. The number of nitrogens with zero attached hydrogens (tertiary/aromatic N) is 2. The van der Waals surface area contributed by atoms with Gasteiger partial charge in [-0.2, -0.15) is 0 Å². The fourth-order valence-corrected chi connectivity index (χ4v) is 3.89. The van der Waals surface area contributed by atoms with E-state index in [1.54, 1.807) is 0 Å². The number of fused-ring (bicyclic) bond motifs is 5. The lowest BCUT2D eigenvalue weighted by molar-refractivity contribution is 0.306. The first-order valence-corrected chi connectivity index (χ1v) is 8.17. The predicted molar refractivity (Wildman–Crippen MR) is 93.4 cm³/mol. The molecule has 0 saturated carbocycles. The predicted octanol–water partition coefficient (Wildman–Crippen LogP) is 4.43. The van der Waals surface area contributed by atoms with E-state index in [4.69, 9.17) is 4.98 Å². The Bertz CT molecular complexity index is 950. The molecule has 0 amide bonds. The number of hydrogen-bond acceptors (Lipinski definition) is 3. The normalized spacial score (nSPS) is 18.7. The topological polar surface area (TPSA) is 61.3 Å². The third-order valence-corrected chi connectivity index (χ3v) is 4.84. The van der Waals surface area contributed by atoms with Gasteiger partial charge < -0.3 is 10.2 Å². The number of nitrogens with one attached hydrogen (secondary N) is 1. The molecule has 3 aromatic rings. The molecule has 0 unspecified atom stereocenters. The fourth-order valence-electron chi connectivity index (χ4n) is 3.89. The second kappa shape index (κ2) is 4.82. The summed E-state index contributed by atoms with van der Waals surface area (Å²) >= 11 is 0. The van der Waals surface area contributed by atoms with Crippen molar-refractivity contribution in [2.24, 2.45) is 10.6 Å². The molecule has 4 heteroatoms. The van der Waals surface area contributed by atoms with Crippen molar-refractivity contribution in [3.8, 4) is 0 Å². The highest BCUT2D eigenvalue weighted by molar-refractivity contribution is 6.18. The van der Waals surface area contributed by atoms with Crippen LogP contribution in [-0.4, -0.2) is 20.9 Å². The molecule has 0 aliphatic heterocycles. The smallest absolute Gasteiger partial charge is 0.0912 e. The average Bonchev–Trinajstić information content (AvgIpc) is 2.91. The molecule has 1 aliphatic rings. The molecule has 0 atom stereocenters. The number of rotatable bonds is 1. The standard InChI is InChI=1S/C19H21N3O/c1-4-12-16-11-7-5-6-8-13(11)21-18(16)17-14(20-12)9-19(2,3)10-15(17)22-23/h5-8,21,23H,4,9-10H2,1-3H3/b22-15+. The molecule has 0 fully saturated rings. The van der Waals surface area contributed by atoms with Gasteiger partial charge in [-0.05, 0) is 30.7 Å². The van der Waals surface area contributed by atoms with E-state index in [0.717, 1.165) is 53.0 Å². The van der Waals surface area contributed by atoms with Crippen LogP contribution in [0.4, 0.5) is 0 Å². The van der Waals surface area contributed by atoms with E-state index < -0.39 is 0 Å². The molecule has 0 saturated heterocycles. The van der Waals surface area contributed by atoms with E-state index in [-0.39, 0.29) is 5.41 Å². The number of aromatic nitrogens is 2. The zero-order valence-corrected chi connectivity index (χ0v) is 13.8. The van der Waals surface area contributed by atoms with Crippen LogP contribution in [0.25, 0.3) is 21.8 Å². The lowest BCUT2D eigenvalue weighted by Gasteiger charge is -2.31. The number of aromatic amines is 1. The van der Waals surface area contributed by atoms with E-state index in [1.807, 2.05) is 6.07 Å². The highest BCUT2D eigenvalue weighted by Gasteiger charge is 2.33.